The Balaban J connectivity index is 2.13. The lowest BCUT2D eigenvalue weighted by Crippen LogP contribution is -2.42. The Kier molecular flexibility index (Phi) is 7.67. The van der Waals surface area contributed by atoms with Crippen LogP contribution in [0.3, 0.4) is 0 Å². The van der Waals surface area contributed by atoms with Crippen molar-refractivity contribution in [1.29, 1.82) is 0 Å². The number of carbonyl (C=O) groups excluding carboxylic acids is 1. The van der Waals surface area contributed by atoms with Gasteiger partial charge in [0.15, 0.2) is 0 Å². The van der Waals surface area contributed by atoms with Crippen LogP contribution in [0.4, 0.5) is 4.79 Å². The second-order valence-electron chi connectivity index (χ2n) is 6.80. The predicted octanol–water partition coefficient (Wildman–Crippen LogP) is 4.85. The molecule has 5 nitrogen and oxygen atoms in total. The molecule has 27 heavy (non-hydrogen) atoms. The monoisotopic (exact) mass is 389 g/mol. The van der Waals surface area contributed by atoms with Gasteiger partial charge < -0.3 is 15.2 Å². The molecular formula is C21H24ClNO4. The van der Waals surface area contributed by atoms with E-state index < -0.39 is 24.2 Å². The lowest BCUT2D eigenvalue weighted by atomic mass is 10.0. The van der Waals surface area contributed by atoms with Crippen LogP contribution >= 0.6 is 11.6 Å². The third-order valence-electron chi connectivity index (χ3n) is 4.03. The van der Waals surface area contributed by atoms with Crippen LogP contribution in [0, 0.1) is 5.92 Å². The number of hydrogen-bond donors (Lipinski definition) is 2. The van der Waals surface area contributed by atoms with Gasteiger partial charge in [0.05, 0.1) is 0 Å². The van der Waals surface area contributed by atoms with Gasteiger partial charge in [-0.25, -0.2) is 9.59 Å². The van der Waals surface area contributed by atoms with Gasteiger partial charge in [0.2, 0.25) is 0 Å². The lowest BCUT2D eigenvalue weighted by molar-refractivity contribution is -0.139. The number of benzene rings is 2. The van der Waals surface area contributed by atoms with Crippen LogP contribution in [0.25, 0.3) is 0 Å². The highest BCUT2D eigenvalue weighted by atomic mass is 35.5. The van der Waals surface area contributed by atoms with E-state index in [0.29, 0.717) is 17.9 Å². The molecule has 1 amide bonds. The van der Waals surface area contributed by atoms with Gasteiger partial charge in [-0.3, -0.25) is 0 Å². The van der Waals surface area contributed by atoms with Gasteiger partial charge in [-0.1, -0.05) is 67.9 Å². The summed E-state index contributed by atoms with van der Waals surface area (Å²) in [5, 5.41) is 12.4. The molecule has 0 aliphatic rings. The topological polar surface area (TPSA) is 75.6 Å². The van der Waals surface area contributed by atoms with Gasteiger partial charge in [-0.05, 0) is 35.6 Å². The smallest absolute Gasteiger partial charge is 0.408 e. The molecule has 0 bridgehead atoms. The Morgan fingerprint density at radius 3 is 2.41 bits per heavy atom. The van der Waals surface area contributed by atoms with E-state index in [4.69, 9.17) is 16.3 Å². The maximum atomic E-state index is 12.4. The zero-order valence-corrected chi connectivity index (χ0v) is 16.1. The molecule has 0 aromatic heterocycles. The van der Waals surface area contributed by atoms with E-state index >= 15 is 0 Å². The van der Waals surface area contributed by atoms with Crippen molar-refractivity contribution in [2.24, 2.45) is 5.92 Å². The lowest BCUT2D eigenvalue weighted by Gasteiger charge is -2.21. The van der Waals surface area contributed by atoms with E-state index in [1.54, 1.807) is 6.07 Å². The van der Waals surface area contributed by atoms with Crippen molar-refractivity contribution in [2.75, 3.05) is 0 Å². The summed E-state index contributed by atoms with van der Waals surface area (Å²) >= 11 is 6.05. The molecular weight excluding hydrogens is 366 g/mol. The number of carboxylic acid groups (broad SMARTS) is 1. The third-order valence-corrected chi connectivity index (χ3v) is 4.26. The van der Waals surface area contributed by atoms with Gasteiger partial charge in [-0.15, -0.1) is 0 Å². The quantitative estimate of drug-likeness (QED) is 0.676. The van der Waals surface area contributed by atoms with Crippen LogP contribution in [-0.4, -0.2) is 23.2 Å². The molecule has 0 radical (unpaired) electrons. The predicted molar refractivity (Wildman–Crippen MR) is 105 cm³/mol. The van der Waals surface area contributed by atoms with Gasteiger partial charge in [0.25, 0.3) is 0 Å². The van der Waals surface area contributed by atoms with Gasteiger partial charge in [0, 0.05) is 11.4 Å². The van der Waals surface area contributed by atoms with E-state index in [9.17, 15) is 14.7 Å². The average Bonchev–Trinajstić information content (AvgIpc) is 2.61. The Morgan fingerprint density at radius 1 is 1.11 bits per heavy atom. The van der Waals surface area contributed by atoms with Crippen LogP contribution in [0.1, 0.15) is 37.5 Å². The summed E-state index contributed by atoms with van der Waals surface area (Å²) in [7, 11) is 0. The zero-order valence-electron chi connectivity index (χ0n) is 15.4. The van der Waals surface area contributed by atoms with Crippen LogP contribution in [0.2, 0.25) is 5.02 Å². The van der Waals surface area contributed by atoms with Crippen LogP contribution in [0.15, 0.2) is 54.6 Å². The van der Waals surface area contributed by atoms with E-state index in [2.05, 4.69) is 5.32 Å². The maximum absolute atomic E-state index is 12.4. The van der Waals surface area contributed by atoms with Crippen molar-refractivity contribution in [3.63, 3.8) is 0 Å². The summed E-state index contributed by atoms with van der Waals surface area (Å²) in [5.41, 5.74) is 1.74. The highest BCUT2D eigenvalue weighted by Crippen LogP contribution is 2.24. The maximum Gasteiger partial charge on any atom is 0.408 e. The standard InChI is InChI=1S/C21H24ClNO4/c1-14(2)11-18(20(24)25)23-21(26)27-19(16-8-4-3-5-9-16)13-15-7-6-10-17(22)12-15/h3-10,12,14,18-19H,11,13H2,1-2H3,(H,23,26)(H,24,25)/t18-,19?/m0/s1. The van der Waals surface area contributed by atoms with Crippen LogP contribution in [0.5, 0.6) is 0 Å². The fourth-order valence-electron chi connectivity index (χ4n) is 2.77. The number of rotatable bonds is 8. The van der Waals surface area contributed by atoms with Crippen molar-refractivity contribution in [2.45, 2.75) is 38.8 Å². The molecule has 2 atom stereocenters. The Labute approximate surface area is 164 Å². The number of carbonyl (C=O) groups is 2. The number of nitrogens with one attached hydrogen (secondary N) is 1. The van der Waals surface area contributed by atoms with E-state index in [1.165, 1.54) is 0 Å². The van der Waals surface area contributed by atoms with Crippen LogP contribution in [-0.2, 0) is 16.0 Å². The molecule has 0 fully saturated rings. The number of hydrogen-bond acceptors (Lipinski definition) is 3. The first-order valence-corrected chi connectivity index (χ1v) is 9.22. The first-order chi connectivity index (χ1) is 12.8. The number of aliphatic carboxylic acids is 1. The Morgan fingerprint density at radius 2 is 1.81 bits per heavy atom. The van der Waals surface area contributed by atoms with Crippen molar-refractivity contribution >= 4 is 23.7 Å². The van der Waals surface area contributed by atoms with Gasteiger partial charge in [-0.2, -0.15) is 0 Å². The number of ether oxygens (including phenoxy) is 1. The Hall–Kier alpha value is -2.53. The molecule has 0 heterocycles. The van der Waals surface area contributed by atoms with Crippen molar-refractivity contribution < 1.29 is 19.4 Å². The molecule has 2 aromatic rings. The number of halogens is 1. The molecule has 0 saturated carbocycles. The van der Waals surface area contributed by atoms with E-state index in [0.717, 1.165) is 11.1 Å². The van der Waals surface area contributed by atoms with Crippen molar-refractivity contribution in [1.82, 2.24) is 5.32 Å². The highest BCUT2D eigenvalue weighted by Gasteiger charge is 2.24. The summed E-state index contributed by atoms with van der Waals surface area (Å²) in [6.07, 6.45) is -0.550. The summed E-state index contributed by atoms with van der Waals surface area (Å²) in [4.78, 5) is 23.7. The first-order valence-electron chi connectivity index (χ1n) is 8.84. The summed E-state index contributed by atoms with van der Waals surface area (Å²) < 4.78 is 5.59. The number of amides is 1. The molecule has 2 N–H and O–H groups in total. The summed E-state index contributed by atoms with van der Waals surface area (Å²) in [5.74, 6) is -0.950. The molecule has 0 spiro atoms. The molecule has 6 heteroatoms. The SMILES string of the molecule is CC(C)C[C@H](NC(=O)OC(Cc1cccc(Cl)c1)c1ccccc1)C(=O)O. The highest BCUT2D eigenvalue weighted by molar-refractivity contribution is 6.30. The molecule has 1 unspecified atom stereocenters. The minimum atomic E-state index is -1.08. The zero-order chi connectivity index (χ0) is 19.8. The number of alkyl carbamates (subject to hydrolysis) is 1. The van der Waals surface area contributed by atoms with E-state index in [1.807, 2.05) is 62.4 Å². The molecule has 2 rings (SSSR count). The molecule has 0 aliphatic carbocycles. The van der Waals surface area contributed by atoms with Crippen molar-refractivity contribution in [3.05, 3.63) is 70.7 Å². The third kappa shape index (κ3) is 6.94. The molecule has 0 aliphatic heterocycles. The fourth-order valence-corrected chi connectivity index (χ4v) is 2.98. The Bertz CT molecular complexity index is 764. The summed E-state index contributed by atoms with van der Waals surface area (Å²) in [6, 6.07) is 15.7. The fraction of sp³-hybridized carbons (Fsp3) is 0.333. The summed E-state index contributed by atoms with van der Waals surface area (Å²) in [6.45, 7) is 3.80. The second-order valence-corrected chi connectivity index (χ2v) is 7.24. The largest absolute Gasteiger partial charge is 0.480 e. The minimum absolute atomic E-state index is 0.128. The number of carboxylic acids is 1. The van der Waals surface area contributed by atoms with Gasteiger partial charge in [0.1, 0.15) is 12.1 Å². The molecule has 144 valence electrons. The normalized spacial score (nSPS) is 13.0. The van der Waals surface area contributed by atoms with Gasteiger partial charge >= 0.3 is 12.1 Å². The van der Waals surface area contributed by atoms with E-state index in [-0.39, 0.29) is 5.92 Å². The molecule has 2 aromatic carbocycles. The molecule has 0 saturated heterocycles. The van der Waals surface area contributed by atoms with Crippen LogP contribution < -0.4 is 5.32 Å². The van der Waals surface area contributed by atoms with Crippen molar-refractivity contribution in [3.8, 4) is 0 Å². The average molecular weight is 390 g/mol. The second kappa shape index (κ2) is 9.97. The first kappa shape index (κ1) is 20.8. The minimum Gasteiger partial charge on any atom is -0.480 e.